The molecule has 0 bridgehead atoms. The number of amides is 2. The van der Waals surface area contributed by atoms with E-state index in [4.69, 9.17) is 15.2 Å². The van der Waals surface area contributed by atoms with Crippen molar-refractivity contribution in [1.82, 2.24) is 10.2 Å². The second-order valence-corrected chi connectivity index (χ2v) is 9.17. The highest BCUT2D eigenvalue weighted by Crippen LogP contribution is 2.40. The third-order valence-electron chi connectivity index (χ3n) is 5.85. The summed E-state index contributed by atoms with van der Waals surface area (Å²) in [6.45, 7) is 6.00. The molecule has 0 saturated carbocycles. The van der Waals surface area contributed by atoms with Gasteiger partial charge in [0.2, 0.25) is 18.6 Å². The molecule has 1 aromatic carbocycles. The number of rotatable bonds is 6. The van der Waals surface area contributed by atoms with Gasteiger partial charge in [0, 0.05) is 5.92 Å². The molecule has 32 heavy (non-hydrogen) atoms. The maximum absolute atomic E-state index is 12.7. The largest absolute Gasteiger partial charge is 0.427 e. The Morgan fingerprint density at radius 3 is 2.41 bits per heavy atom. The van der Waals surface area contributed by atoms with E-state index in [1.807, 2.05) is 0 Å². The minimum absolute atomic E-state index is 0.513. The van der Waals surface area contributed by atoms with Crippen LogP contribution in [-0.4, -0.2) is 64.8 Å². The molecular weight excluding hydrogens is 418 g/mol. The minimum atomic E-state index is -1.05. The third kappa shape index (κ3) is 4.33. The number of carbonyl (C=O) groups is 4. The zero-order valence-corrected chi connectivity index (χ0v) is 18.5. The summed E-state index contributed by atoms with van der Waals surface area (Å²) in [5.41, 5.74) is 5.81. The van der Waals surface area contributed by atoms with Crippen LogP contribution in [0.2, 0.25) is 0 Å². The van der Waals surface area contributed by atoms with Crippen molar-refractivity contribution in [2.24, 2.45) is 17.1 Å². The Bertz CT molecular complexity index is 899. The number of aliphatic hydroxyl groups is 1. The van der Waals surface area contributed by atoms with Crippen molar-refractivity contribution in [3.63, 3.8) is 0 Å². The fourth-order valence-electron chi connectivity index (χ4n) is 3.94. The Balaban J connectivity index is 1.61. The van der Waals surface area contributed by atoms with Gasteiger partial charge >= 0.3 is 11.9 Å². The number of hydrogen-bond donors (Lipinski definition) is 3. The zero-order valence-electron chi connectivity index (χ0n) is 18.5. The van der Waals surface area contributed by atoms with Gasteiger partial charge < -0.3 is 30.5 Å². The monoisotopic (exact) mass is 447 g/mol. The van der Waals surface area contributed by atoms with Crippen molar-refractivity contribution in [3.8, 4) is 0 Å². The molecule has 2 saturated heterocycles. The van der Waals surface area contributed by atoms with Gasteiger partial charge in [-0.05, 0) is 26.3 Å². The van der Waals surface area contributed by atoms with E-state index in [-0.39, 0.29) is 0 Å². The minimum Gasteiger partial charge on any atom is -0.427 e. The van der Waals surface area contributed by atoms with Crippen LogP contribution in [0.25, 0.3) is 0 Å². The Morgan fingerprint density at radius 1 is 1.19 bits per heavy atom. The maximum Gasteiger partial charge on any atom is 0.332 e. The lowest BCUT2D eigenvalue weighted by atomic mass is 9.91. The summed E-state index contributed by atoms with van der Waals surface area (Å²) in [5, 5.41) is 13.2. The first-order chi connectivity index (χ1) is 14.9. The third-order valence-corrected chi connectivity index (χ3v) is 5.85. The SMILES string of the molecule is CC1C(O)[C@@H]2C(NC(=O)C(N)c3ccccc3)C(=O)N2C1C(=O)OCOC(=O)C(C)(C)C. The molecule has 5 unspecified atom stereocenters. The highest BCUT2D eigenvalue weighted by Gasteiger charge is 2.64. The molecule has 0 aliphatic carbocycles. The van der Waals surface area contributed by atoms with E-state index >= 15 is 0 Å². The number of β-lactam (4-membered cyclic amide) rings is 1. The number of esters is 2. The maximum atomic E-state index is 12.7. The van der Waals surface area contributed by atoms with Crippen LogP contribution in [0.5, 0.6) is 0 Å². The molecule has 10 nitrogen and oxygen atoms in total. The second kappa shape index (κ2) is 8.87. The van der Waals surface area contributed by atoms with E-state index in [2.05, 4.69) is 5.32 Å². The topological polar surface area (TPSA) is 148 Å². The first-order valence-corrected chi connectivity index (χ1v) is 10.4. The van der Waals surface area contributed by atoms with E-state index in [0.29, 0.717) is 5.56 Å². The molecular formula is C22H29N3O7. The van der Waals surface area contributed by atoms with Gasteiger partial charge in [0.05, 0.1) is 17.6 Å². The first-order valence-electron chi connectivity index (χ1n) is 10.4. The Morgan fingerprint density at radius 2 is 1.81 bits per heavy atom. The van der Waals surface area contributed by atoms with Gasteiger partial charge in [-0.1, -0.05) is 37.3 Å². The summed E-state index contributed by atoms with van der Waals surface area (Å²) in [6.07, 6.45) is -1.05. The van der Waals surface area contributed by atoms with Gasteiger partial charge in [0.15, 0.2) is 0 Å². The van der Waals surface area contributed by atoms with Crippen LogP contribution in [0.3, 0.4) is 0 Å². The molecule has 2 aliphatic rings. The van der Waals surface area contributed by atoms with E-state index in [0.717, 1.165) is 0 Å². The normalized spacial score (nSPS) is 27.8. The first kappa shape index (κ1) is 23.7. The number of aliphatic hydroxyl groups excluding tert-OH is 1. The van der Waals surface area contributed by atoms with Gasteiger partial charge in [-0.15, -0.1) is 0 Å². The number of nitrogens with one attached hydrogen (secondary N) is 1. The number of ether oxygens (including phenoxy) is 2. The van der Waals surface area contributed by atoms with Crippen LogP contribution in [-0.2, 0) is 28.7 Å². The molecule has 0 aromatic heterocycles. The molecule has 2 fully saturated rings. The number of nitrogens with two attached hydrogens (primary N) is 1. The molecule has 10 heteroatoms. The molecule has 6 atom stereocenters. The van der Waals surface area contributed by atoms with Gasteiger partial charge in [0.1, 0.15) is 18.1 Å². The van der Waals surface area contributed by atoms with Crippen molar-refractivity contribution >= 4 is 23.8 Å². The van der Waals surface area contributed by atoms with E-state index in [9.17, 15) is 24.3 Å². The summed E-state index contributed by atoms with van der Waals surface area (Å²) in [5.74, 6) is -3.05. The predicted molar refractivity (Wildman–Crippen MR) is 111 cm³/mol. The lowest BCUT2D eigenvalue weighted by Crippen LogP contribution is -2.73. The Kier molecular flexibility index (Phi) is 6.56. The average Bonchev–Trinajstić information content (AvgIpc) is 2.99. The molecule has 0 spiro atoms. The lowest BCUT2D eigenvalue weighted by molar-refractivity contribution is -0.180. The van der Waals surface area contributed by atoms with Gasteiger partial charge in [-0.25, -0.2) is 4.79 Å². The van der Waals surface area contributed by atoms with E-state index < -0.39 is 72.2 Å². The smallest absolute Gasteiger partial charge is 0.332 e. The fraction of sp³-hybridized carbons (Fsp3) is 0.545. The molecule has 174 valence electrons. The van der Waals surface area contributed by atoms with Crippen molar-refractivity contribution in [2.45, 2.75) is 58.0 Å². The Labute approximate surface area is 186 Å². The van der Waals surface area contributed by atoms with Crippen LogP contribution in [0.4, 0.5) is 0 Å². The average molecular weight is 447 g/mol. The molecule has 3 rings (SSSR count). The van der Waals surface area contributed by atoms with Gasteiger partial charge in [-0.3, -0.25) is 14.4 Å². The molecule has 0 radical (unpaired) electrons. The number of hydrogen-bond acceptors (Lipinski definition) is 8. The summed E-state index contributed by atoms with van der Waals surface area (Å²) < 4.78 is 9.96. The van der Waals surface area contributed by atoms with Crippen molar-refractivity contribution in [2.75, 3.05) is 6.79 Å². The van der Waals surface area contributed by atoms with Crippen molar-refractivity contribution in [1.29, 1.82) is 0 Å². The summed E-state index contributed by atoms with van der Waals surface area (Å²) in [4.78, 5) is 50.8. The van der Waals surface area contributed by atoms with E-state index in [1.165, 1.54) is 4.90 Å². The van der Waals surface area contributed by atoms with Crippen LogP contribution in [0.15, 0.2) is 30.3 Å². The highest BCUT2D eigenvalue weighted by molar-refractivity contribution is 5.98. The van der Waals surface area contributed by atoms with Crippen LogP contribution in [0, 0.1) is 11.3 Å². The molecule has 2 aliphatic heterocycles. The summed E-state index contributed by atoms with van der Waals surface area (Å²) in [6, 6.07) is 4.88. The van der Waals surface area contributed by atoms with Crippen molar-refractivity contribution < 1.29 is 33.8 Å². The number of carbonyl (C=O) groups excluding carboxylic acids is 4. The predicted octanol–water partition coefficient (Wildman–Crippen LogP) is -0.149. The fourth-order valence-corrected chi connectivity index (χ4v) is 3.94. The molecule has 1 aromatic rings. The number of nitrogens with zero attached hydrogens (tertiary/aromatic N) is 1. The van der Waals surface area contributed by atoms with Crippen LogP contribution in [0.1, 0.15) is 39.3 Å². The number of benzene rings is 1. The summed E-state index contributed by atoms with van der Waals surface area (Å²) >= 11 is 0. The standard InChI is InChI=1S/C22H29N3O7/c1-11-15(20(29)31-10-32-21(30)22(2,3)4)25-16(17(11)26)14(19(25)28)24-18(27)13(23)12-8-6-5-7-9-12/h5-9,11,13-17,26H,10,23H2,1-4H3,(H,24,27)/t11?,13?,14?,15?,16-,17?/m0/s1. The van der Waals surface area contributed by atoms with Gasteiger partial charge in [0.25, 0.3) is 0 Å². The molecule has 2 amide bonds. The van der Waals surface area contributed by atoms with Gasteiger partial charge in [-0.2, -0.15) is 0 Å². The lowest BCUT2D eigenvalue weighted by Gasteiger charge is -2.45. The van der Waals surface area contributed by atoms with Crippen LogP contribution < -0.4 is 11.1 Å². The van der Waals surface area contributed by atoms with Crippen LogP contribution >= 0.6 is 0 Å². The van der Waals surface area contributed by atoms with E-state index in [1.54, 1.807) is 58.0 Å². The zero-order chi connectivity index (χ0) is 23.8. The number of fused-ring (bicyclic) bond motifs is 1. The second-order valence-electron chi connectivity index (χ2n) is 9.17. The quantitative estimate of drug-likeness (QED) is 0.310. The molecule has 2 heterocycles. The summed E-state index contributed by atoms with van der Waals surface area (Å²) in [7, 11) is 0. The molecule has 4 N–H and O–H groups in total. The van der Waals surface area contributed by atoms with Crippen molar-refractivity contribution in [3.05, 3.63) is 35.9 Å². The highest BCUT2D eigenvalue weighted by atomic mass is 16.7. The Hall–Kier alpha value is -2.98.